The van der Waals surface area contributed by atoms with Gasteiger partial charge in [-0.1, -0.05) is 5.92 Å². The molecule has 4 nitrogen and oxygen atoms in total. The quantitative estimate of drug-likeness (QED) is 0.595. The third-order valence-corrected chi connectivity index (χ3v) is 1.73. The topological polar surface area (TPSA) is 51.2 Å². The standard InChI is InChI=1S/C11H12N2O2/c1-3-4-7-12-10-9(11(14)15-2)6-5-8-13-10/h5-6,8H,7H2,1-2H3,(H,12,13). The number of pyridine rings is 1. The van der Waals surface area contributed by atoms with Gasteiger partial charge in [-0.3, -0.25) is 0 Å². The number of esters is 1. The minimum atomic E-state index is -0.407. The van der Waals surface area contributed by atoms with Crippen LogP contribution in [0, 0.1) is 11.8 Å². The zero-order chi connectivity index (χ0) is 11.1. The summed E-state index contributed by atoms with van der Waals surface area (Å²) in [5, 5.41) is 2.94. The van der Waals surface area contributed by atoms with Gasteiger partial charge >= 0.3 is 5.97 Å². The predicted octanol–water partition coefficient (Wildman–Crippen LogP) is 1.30. The molecule has 0 fully saturated rings. The SMILES string of the molecule is CC#CCNc1ncccc1C(=O)OC. The molecular weight excluding hydrogens is 192 g/mol. The van der Waals surface area contributed by atoms with Crippen LogP contribution in [-0.2, 0) is 4.74 Å². The molecule has 78 valence electrons. The lowest BCUT2D eigenvalue weighted by molar-refractivity contribution is 0.0601. The molecule has 1 heterocycles. The number of hydrogen-bond acceptors (Lipinski definition) is 4. The highest BCUT2D eigenvalue weighted by molar-refractivity contribution is 5.94. The van der Waals surface area contributed by atoms with Crippen LogP contribution in [0.25, 0.3) is 0 Å². The van der Waals surface area contributed by atoms with Crippen molar-refractivity contribution in [2.75, 3.05) is 19.0 Å². The second-order valence-corrected chi connectivity index (χ2v) is 2.67. The number of ether oxygens (including phenoxy) is 1. The van der Waals surface area contributed by atoms with Crippen LogP contribution in [0.3, 0.4) is 0 Å². The minimum Gasteiger partial charge on any atom is -0.465 e. The van der Waals surface area contributed by atoms with Crippen molar-refractivity contribution >= 4 is 11.8 Å². The molecule has 0 radical (unpaired) electrons. The Bertz CT molecular complexity index is 405. The van der Waals surface area contributed by atoms with Gasteiger partial charge in [-0.25, -0.2) is 9.78 Å². The maximum Gasteiger partial charge on any atom is 0.341 e. The Balaban J connectivity index is 2.84. The average molecular weight is 204 g/mol. The molecule has 0 atom stereocenters. The van der Waals surface area contributed by atoms with Gasteiger partial charge < -0.3 is 10.1 Å². The molecule has 0 aliphatic rings. The Kier molecular flexibility index (Phi) is 4.17. The van der Waals surface area contributed by atoms with E-state index in [4.69, 9.17) is 0 Å². The molecule has 0 bridgehead atoms. The number of anilines is 1. The van der Waals surface area contributed by atoms with Crippen LogP contribution in [0.5, 0.6) is 0 Å². The van der Waals surface area contributed by atoms with Crippen LogP contribution in [0.2, 0.25) is 0 Å². The molecule has 0 unspecified atom stereocenters. The molecule has 1 N–H and O–H groups in total. The third kappa shape index (κ3) is 2.99. The van der Waals surface area contributed by atoms with Crippen LogP contribution in [0.1, 0.15) is 17.3 Å². The molecule has 0 amide bonds. The van der Waals surface area contributed by atoms with Crippen LogP contribution in [0.4, 0.5) is 5.82 Å². The van der Waals surface area contributed by atoms with Gasteiger partial charge in [0, 0.05) is 6.20 Å². The van der Waals surface area contributed by atoms with Gasteiger partial charge in [-0.2, -0.15) is 0 Å². The fourth-order valence-corrected chi connectivity index (χ4v) is 1.04. The number of hydrogen-bond donors (Lipinski definition) is 1. The largest absolute Gasteiger partial charge is 0.465 e. The lowest BCUT2D eigenvalue weighted by atomic mass is 10.2. The number of rotatable bonds is 3. The molecule has 4 heteroatoms. The van der Waals surface area contributed by atoms with Gasteiger partial charge in [-0.05, 0) is 19.1 Å². The Morgan fingerprint density at radius 2 is 2.47 bits per heavy atom. The Morgan fingerprint density at radius 1 is 1.67 bits per heavy atom. The van der Waals surface area contributed by atoms with Crippen LogP contribution in [0.15, 0.2) is 18.3 Å². The van der Waals surface area contributed by atoms with Crippen molar-refractivity contribution in [2.45, 2.75) is 6.92 Å². The molecule has 0 saturated carbocycles. The molecule has 1 aromatic heterocycles. The summed E-state index contributed by atoms with van der Waals surface area (Å²) in [6, 6.07) is 3.34. The average Bonchev–Trinajstić information content (AvgIpc) is 2.29. The summed E-state index contributed by atoms with van der Waals surface area (Å²) in [6.07, 6.45) is 1.61. The molecular formula is C11H12N2O2. The second-order valence-electron chi connectivity index (χ2n) is 2.67. The molecule has 1 aromatic rings. The third-order valence-electron chi connectivity index (χ3n) is 1.73. The lowest BCUT2D eigenvalue weighted by Crippen LogP contribution is -2.09. The first-order valence-corrected chi connectivity index (χ1v) is 4.46. The summed E-state index contributed by atoms with van der Waals surface area (Å²) < 4.78 is 4.63. The van der Waals surface area contributed by atoms with Crippen molar-refractivity contribution in [3.05, 3.63) is 23.9 Å². The van der Waals surface area contributed by atoms with Crippen molar-refractivity contribution < 1.29 is 9.53 Å². The van der Waals surface area contributed by atoms with E-state index in [9.17, 15) is 4.79 Å². The van der Waals surface area contributed by atoms with Crippen molar-refractivity contribution in [1.29, 1.82) is 0 Å². The van der Waals surface area contributed by atoms with E-state index in [0.29, 0.717) is 17.9 Å². The maximum atomic E-state index is 11.3. The van der Waals surface area contributed by atoms with E-state index >= 15 is 0 Å². The Morgan fingerprint density at radius 3 is 3.13 bits per heavy atom. The highest BCUT2D eigenvalue weighted by Gasteiger charge is 2.10. The minimum absolute atomic E-state index is 0.407. The summed E-state index contributed by atoms with van der Waals surface area (Å²) in [7, 11) is 1.34. The summed E-state index contributed by atoms with van der Waals surface area (Å²) >= 11 is 0. The van der Waals surface area contributed by atoms with Gasteiger partial charge in [0.15, 0.2) is 0 Å². The summed E-state index contributed by atoms with van der Waals surface area (Å²) in [6.45, 7) is 2.21. The highest BCUT2D eigenvalue weighted by Crippen LogP contribution is 2.11. The first-order chi connectivity index (χ1) is 7.29. The van der Waals surface area contributed by atoms with E-state index in [-0.39, 0.29) is 0 Å². The maximum absolute atomic E-state index is 11.3. The van der Waals surface area contributed by atoms with Gasteiger partial charge in [0.1, 0.15) is 11.4 Å². The molecule has 0 aliphatic heterocycles. The van der Waals surface area contributed by atoms with Crippen molar-refractivity contribution in [3.8, 4) is 11.8 Å². The van der Waals surface area contributed by atoms with Crippen LogP contribution < -0.4 is 5.32 Å². The smallest absolute Gasteiger partial charge is 0.341 e. The van der Waals surface area contributed by atoms with E-state index in [1.54, 1.807) is 25.3 Å². The highest BCUT2D eigenvalue weighted by atomic mass is 16.5. The molecule has 0 aromatic carbocycles. The van der Waals surface area contributed by atoms with Crippen LogP contribution in [-0.4, -0.2) is 24.6 Å². The number of aromatic nitrogens is 1. The number of carbonyl (C=O) groups is 1. The fraction of sp³-hybridized carbons (Fsp3) is 0.273. The molecule has 0 saturated heterocycles. The van der Waals surface area contributed by atoms with E-state index < -0.39 is 5.97 Å². The molecule has 0 spiro atoms. The van der Waals surface area contributed by atoms with E-state index in [2.05, 4.69) is 26.9 Å². The fourth-order valence-electron chi connectivity index (χ4n) is 1.04. The molecule has 1 rings (SSSR count). The monoisotopic (exact) mass is 204 g/mol. The second kappa shape index (κ2) is 5.66. The Labute approximate surface area is 88.7 Å². The first-order valence-electron chi connectivity index (χ1n) is 4.46. The Hall–Kier alpha value is -2.02. The predicted molar refractivity (Wildman–Crippen MR) is 57.5 cm³/mol. The van der Waals surface area contributed by atoms with E-state index in [1.807, 2.05) is 0 Å². The zero-order valence-electron chi connectivity index (χ0n) is 8.70. The van der Waals surface area contributed by atoms with E-state index in [0.717, 1.165) is 0 Å². The zero-order valence-corrected chi connectivity index (χ0v) is 8.70. The van der Waals surface area contributed by atoms with Gasteiger partial charge in [0.25, 0.3) is 0 Å². The van der Waals surface area contributed by atoms with Gasteiger partial charge in [0.05, 0.1) is 13.7 Å². The van der Waals surface area contributed by atoms with Crippen molar-refractivity contribution in [3.63, 3.8) is 0 Å². The van der Waals surface area contributed by atoms with Crippen molar-refractivity contribution in [1.82, 2.24) is 4.98 Å². The van der Waals surface area contributed by atoms with Crippen molar-refractivity contribution in [2.24, 2.45) is 0 Å². The van der Waals surface area contributed by atoms with Gasteiger partial charge in [-0.15, -0.1) is 5.92 Å². The normalized spacial score (nSPS) is 8.67. The number of nitrogens with zero attached hydrogens (tertiary/aromatic N) is 1. The lowest BCUT2D eigenvalue weighted by Gasteiger charge is -2.06. The molecule has 0 aliphatic carbocycles. The summed E-state index contributed by atoms with van der Waals surface area (Å²) in [4.78, 5) is 15.4. The van der Waals surface area contributed by atoms with Gasteiger partial charge in [0.2, 0.25) is 0 Å². The summed E-state index contributed by atoms with van der Waals surface area (Å²) in [5.41, 5.74) is 0.415. The van der Waals surface area contributed by atoms with E-state index in [1.165, 1.54) is 7.11 Å². The summed E-state index contributed by atoms with van der Waals surface area (Å²) in [5.74, 6) is 5.66. The number of methoxy groups -OCH3 is 1. The number of carbonyl (C=O) groups excluding carboxylic acids is 1. The number of nitrogens with one attached hydrogen (secondary N) is 1. The molecule has 15 heavy (non-hydrogen) atoms. The van der Waals surface area contributed by atoms with Crippen LogP contribution >= 0.6 is 0 Å². The first kappa shape index (κ1) is 11.1.